The Balaban J connectivity index is 2.20. The van der Waals surface area contributed by atoms with Crippen LogP contribution in [0.3, 0.4) is 0 Å². The molecule has 1 N–H and O–H groups in total. The first-order chi connectivity index (χ1) is 8.66. The Kier molecular flexibility index (Phi) is 3.69. The van der Waals surface area contributed by atoms with Gasteiger partial charge in [-0.3, -0.25) is 10.2 Å². The number of hydrogen-bond donors (Lipinski definition) is 1. The van der Waals surface area contributed by atoms with E-state index in [0.717, 1.165) is 5.69 Å². The molecule has 0 aliphatic carbocycles. The van der Waals surface area contributed by atoms with Gasteiger partial charge in [-0.05, 0) is 24.3 Å². The molecule has 2 rings (SSSR count). The van der Waals surface area contributed by atoms with Crippen LogP contribution in [0.4, 0.5) is 5.69 Å². The van der Waals surface area contributed by atoms with E-state index in [1.54, 1.807) is 30.5 Å². The second kappa shape index (κ2) is 5.42. The van der Waals surface area contributed by atoms with E-state index in [1.165, 1.54) is 17.8 Å². The average molecular weight is 264 g/mol. The Hall–Kier alpha value is -2.21. The van der Waals surface area contributed by atoms with Gasteiger partial charge in [-0.15, -0.1) is 5.10 Å². The summed E-state index contributed by atoms with van der Waals surface area (Å²) in [5.74, 6) is -0.0654. The van der Waals surface area contributed by atoms with Crippen LogP contribution in [-0.2, 0) is 4.79 Å². The summed E-state index contributed by atoms with van der Waals surface area (Å²) < 4.78 is 1.30. The highest BCUT2D eigenvalue weighted by Gasteiger charge is 2.09. The van der Waals surface area contributed by atoms with Crippen LogP contribution in [0.2, 0.25) is 5.02 Å². The number of rotatable bonds is 3. The largest absolute Gasteiger partial charge is 0.291 e. The molecule has 1 aromatic heterocycles. The van der Waals surface area contributed by atoms with E-state index < -0.39 is 0 Å². The summed E-state index contributed by atoms with van der Waals surface area (Å²) >= 11 is 5.77. The SMILES string of the molecule is CC(=O)/C(=N/Nc1ccc(Cl)cc1)n1ccnn1. The van der Waals surface area contributed by atoms with Gasteiger partial charge >= 0.3 is 0 Å². The van der Waals surface area contributed by atoms with Crippen molar-refractivity contribution in [3.8, 4) is 0 Å². The van der Waals surface area contributed by atoms with Crippen LogP contribution in [-0.4, -0.2) is 26.6 Å². The predicted octanol–water partition coefficient (Wildman–Crippen LogP) is 1.79. The summed E-state index contributed by atoms with van der Waals surface area (Å²) in [6, 6.07) is 6.96. The van der Waals surface area contributed by atoms with Crippen LogP contribution >= 0.6 is 11.6 Å². The summed E-state index contributed by atoms with van der Waals surface area (Å²) in [6.07, 6.45) is 3.02. The zero-order chi connectivity index (χ0) is 13.0. The first-order valence-electron chi connectivity index (χ1n) is 5.14. The highest BCUT2D eigenvalue weighted by Crippen LogP contribution is 2.13. The van der Waals surface area contributed by atoms with Gasteiger partial charge < -0.3 is 0 Å². The normalized spacial score (nSPS) is 11.3. The molecule has 18 heavy (non-hydrogen) atoms. The second-order valence-electron chi connectivity index (χ2n) is 3.46. The second-order valence-corrected chi connectivity index (χ2v) is 3.89. The van der Waals surface area contributed by atoms with Crippen molar-refractivity contribution in [3.05, 3.63) is 41.7 Å². The summed E-state index contributed by atoms with van der Waals surface area (Å²) in [5.41, 5.74) is 3.48. The maximum Gasteiger partial charge on any atom is 0.217 e. The number of hydrazone groups is 1. The molecule has 0 fully saturated rings. The minimum atomic E-state index is -0.220. The molecular weight excluding hydrogens is 254 g/mol. The molecule has 1 heterocycles. The first-order valence-corrected chi connectivity index (χ1v) is 5.51. The molecule has 0 radical (unpaired) electrons. The standard InChI is InChI=1S/C11H10ClN5O/c1-8(18)11(17-7-6-13-16-17)15-14-10-4-2-9(12)3-5-10/h2-7,14H,1H3/b15-11-. The Morgan fingerprint density at radius 3 is 2.67 bits per heavy atom. The molecule has 0 unspecified atom stereocenters. The maximum atomic E-state index is 11.4. The van der Waals surface area contributed by atoms with Crippen molar-refractivity contribution in [2.45, 2.75) is 6.92 Å². The average Bonchev–Trinajstić information content (AvgIpc) is 2.85. The summed E-state index contributed by atoms with van der Waals surface area (Å²) in [4.78, 5) is 11.4. The number of aromatic nitrogens is 3. The molecule has 0 spiro atoms. The van der Waals surface area contributed by atoms with E-state index in [-0.39, 0.29) is 11.6 Å². The molecule has 6 nitrogen and oxygen atoms in total. The van der Waals surface area contributed by atoms with Crippen LogP contribution < -0.4 is 5.43 Å². The van der Waals surface area contributed by atoms with E-state index >= 15 is 0 Å². The predicted molar refractivity (Wildman–Crippen MR) is 68.6 cm³/mol. The third kappa shape index (κ3) is 2.92. The molecule has 0 saturated carbocycles. The summed E-state index contributed by atoms with van der Waals surface area (Å²) in [5, 5.41) is 12.0. The quantitative estimate of drug-likeness (QED) is 0.521. The van der Waals surface area contributed by atoms with Crippen LogP contribution in [0, 0.1) is 0 Å². The number of benzene rings is 1. The Morgan fingerprint density at radius 2 is 2.11 bits per heavy atom. The molecule has 0 bridgehead atoms. The zero-order valence-electron chi connectivity index (χ0n) is 9.54. The summed E-state index contributed by atoms with van der Waals surface area (Å²) in [7, 11) is 0. The molecule has 92 valence electrons. The van der Waals surface area contributed by atoms with Crippen LogP contribution in [0.1, 0.15) is 6.92 Å². The Bertz CT molecular complexity index is 562. The van der Waals surface area contributed by atoms with Crippen molar-refractivity contribution < 1.29 is 4.79 Å². The first kappa shape index (κ1) is 12.3. The summed E-state index contributed by atoms with van der Waals surface area (Å²) in [6.45, 7) is 1.41. The minimum Gasteiger partial charge on any atom is -0.291 e. The Labute approximate surface area is 108 Å². The number of Topliss-reactive ketones (excluding diaryl/α,β-unsaturated/α-hetero) is 1. The highest BCUT2D eigenvalue weighted by atomic mass is 35.5. The number of ketones is 1. The number of nitrogens with zero attached hydrogens (tertiary/aromatic N) is 4. The fourth-order valence-electron chi connectivity index (χ4n) is 1.25. The number of anilines is 1. The number of carbonyl (C=O) groups is 1. The van der Waals surface area contributed by atoms with Crippen LogP contribution in [0.15, 0.2) is 41.8 Å². The lowest BCUT2D eigenvalue weighted by Crippen LogP contribution is -2.22. The van der Waals surface area contributed by atoms with Crippen molar-refractivity contribution in [2.24, 2.45) is 5.10 Å². The van der Waals surface area contributed by atoms with Crippen molar-refractivity contribution in [2.75, 3.05) is 5.43 Å². The molecule has 0 atom stereocenters. The smallest absolute Gasteiger partial charge is 0.217 e. The van der Waals surface area contributed by atoms with Gasteiger partial charge in [-0.1, -0.05) is 16.8 Å². The topological polar surface area (TPSA) is 72.2 Å². The van der Waals surface area contributed by atoms with Crippen molar-refractivity contribution in [3.63, 3.8) is 0 Å². The fraction of sp³-hybridized carbons (Fsp3) is 0.0909. The molecular formula is C11H10ClN5O. The molecule has 0 saturated heterocycles. The third-order valence-corrected chi connectivity index (χ3v) is 2.34. The number of nitrogens with one attached hydrogen (secondary N) is 1. The van der Waals surface area contributed by atoms with Crippen molar-refractivity contribution in [1.82, 2.24) is 15.0 Å². The molecule has 1 aromatic carbocycles. The van der Waals surface area contributed by atoms with Crippen LogP contribution in [0.5, 0.6) is 0 Å². The van der Waals surface area contributed by atoms with Gasteiger partial charge in [0.2, 0.25) is 5.84 Å². The van der Waals surface area contributed by atoms with E-state index in [0.29, 0.717) is 5.02 Å². The lowest BCUT2D eigenvalue weighted by Gasteiger charge is -2.04. The van der Waals surface area contributed by atoms with Gasteiger partial charge in [0.05, 0.1) is 18.1 Å². The molecule has 0 amide bonds. The minimum absolute atomic E-state index is 0.155. The van der Waals surface area contributed by atoms with Gasteiger partial charge in [0, 0.05) is 11.9 Å². The maximum absolute atomic E-state index is 11.4. The van der Waals surface area contributed by atoms with E-state index in [1.807, 2.05) is 0 Å². The lowest BCUT2D eigenvalue weighted by atomic mass is 10.3. The molecule has 2 aromatic rings. The lowest BCUT2D eigenvalue weighted by molar-refractivity contribution is -0.111. The van der Waals surface area contributed by atoms with Gasteiger partial charge in [-0.25, -0.2) is 0 Å². The number of carbonyl (C=O) groups excluding carboxylic acids is 1. The third-order valence-electron chi connectivity index (χ3n) is 2.09. The van der Waals surface area contributed by atoms with Gasteiger partial charge in [0.15, 0.2) is 5.78 Å². The zero-order valence-corrected chi connectivity index (χ0v) is 10.3. The van der Waals surface area contributed by atoms with Gasteiger partial charge in [-0.2, -0.15) is 9.78 Å². The van der Waals surface area contributed by atoms with Crippen molar-refractivity contribution in [1.29, 1.82) is 0 Å². The molecule has 0 aliphatic heterocycles. The van der Waals surface area contributed by atoms with E-state index in [2.05, 4.69) is 20.8 Å². The number of hydrogen-bond acceptors (Lipinski definition) is 5. The number of halogens is 1. The van der Waals surface area contributed by atoms with Crippen LogP contribution in [0.25, 0.3) is 0 Å². The fourth-order valence-corrected chi connectivity index (χ4v) is 1.38. The Morgan fingerprint density at radius 1 is 1.39 bits per heavy atom. The monoisotopic (exact) mass is 263 g/mol. The van der Waals surface area contributed by atoms with Crippen molar-refractivity contribution >= 4 is 28.9 Å². The molecule has 0 aliphatic rings. The van der Waals surface area contributed by atoms with E-state index in [9.17, 15) is 4.79 Å². The highest BCUT2D eigenvalue weighted by molar-refractivity contribution is 6.38. The molecule has 7 heteroatoms. The van der Waals surface area contributed by atoms with Gasteiger partial charge in [0.1, 0.15) is 0 Å². The van der Waals surface area contributed by atoms with E-state index in [4.69, 9.17) is 11.6 Å². The van der Waals surface area contributed by atoms with Gasteiger partial charge in [0.25, 0.3) is 0 Å².